The summed E-state index contributed by atoms with van der Waals surface area (Å²) < 4.78 is 19.9. The standard InChI is InChI=1S/C17H17FN2O2/c18-14-4-1-5-16(22-10-11-6-7-11)13(14)9-15-12(17(19)21)3-2-8-20-15/h1-5,8,11H,6-7,9-10H2,(H2,19,21). The van der Waals surface area contributed by atoms with Crippen LogP contribution >= 0.6 is 0 Å². The van der Waals surface area contributed by atoms with Gasteiger partial charge in [-0.1, -0.05) is 6.07 Å². The first-order valence-corrected chi connectivity index (χ1v) is 7.29. The second kappa shape index (κ2) is 6.13. The molecule has 1 saturated carbocycles. The van der Waals surface area contributed by atoms with Crippen molar-refractivity contribution < 1.29 is 13.9 Å². The Morgan fingerprint density at radius 1 is 1.32 bits per heavy atom. The maximum Gasteiger partial charge on any atom is 0.250 e. The zero-order valence-electron chi connectivity index (χ0n) is 12.1. The first-order chi connectivity index (χ1) is 10.6. The largest absolute Gasteiger partial charge is 0.493 e. The number of amides is 1. The molecule has 1 aromatic heterocycles. The molecule has 114 valence electrons. The van der Waals surface area contributed by atoms with Crippen molar-refractivity contribution >= 4 is 5.91 Å². The van der Waals surface area contributed by atoms with Crippen molar-refractivity contribution in [2.24, 2.45) is 11.7 Å². The zero-order valence-corrected chi connectivity index (χ0v) is 12.1. The molecule has 0 bridgehead atoms. The molecule has 0 unspecified atom stereocenters. The van der Waals surface area contributed by atoms with Gasteiger partial charge in [-0.15, -0.1) is 0 Å². The molecule has 0 radical (unpaired) electrons. The van der Waals surface area contributed by atoms with Gasteiger partial charge in [0, 0.05) is 18.2 Å². The fourth-order valence-electron chi connectivity index (χ4n) is 2.31. The molecule has 0 spiro atoms. The number of primary amides is 1. The van der Waals surface area contributed by atoms with Gasteiger partial charge in [0.05, 0.1) is 17.9 Å². The van der Waals surface area contributed by atoms with Gasteiger partial charge in [0.15, 0.2) is 0 Å². The second-order valence-electron chi connectivity index (χ2n) is 5.51. The van der Waals surface area contributed by atoms with Crippen molar-refractivity contribution in [2.75, 3.05) is 6.61 Å². The maximum atomic E-state index is 14.2. The molecule has 2 N–H and O–H groups in total. The van der Waals surface area contributed by atoms with E-state index in [2.05, 4.69) is 4.98 Å². The lowest BCUT2D eigenvalue weighted by Crippen LogP contribution is -2.15. The highest BCUT2D eigenvalue weighted by Crippen LogP contribution is 2.31. The van der Waals surface area contributed by atoms with Crippen molar-refractivity contribution in [3.05, 3.63) is 59.2 Å². The third kappa shape index (κ3) is 3.24. The Kier molecular flexibility index (Phi) is 4.04. The zero-order chi connectivity index (χ0) is 15.5. The second-order valence-corrected chi connectivity index (χ2v) is 5.51. The summed E-state index contributed by atoms with van der Waals surface area (Å²) in [4.78, 5) is 15.6. The summed E-state index contributed by atoms with van der Waals surface area (Å²) >= 11 is 0. The lowest BCUT2D eigenvalue weighted by molar-refractivity contribution is 0.0999. The van der Waals surface area contributed by atoms with E-state index in [9.17, 15) is 9.18 Å². The van der Waals surface area contributed by atoms with Crippen molar-refractivity contribution in [3.63, 3.8) is 0 Å². The minimum absolute atomic E-state index is 0.172. The maximum absolute atomic E-state index is 14.2. The number of halogens is 1. The predicted molar refractivity (Wildman–Crippen MR) is 80.2 cm³/mol. The van der Waals surface area contributed by atoms with E-state index in [4.69, 9.17) is 10.5 Å². The molecule has 2 aromatic rings. The summed E-state index contributed by atoms with van der Waals surface area (Å²) in [7, 11) is 0. The average Bonchev–Trinajstić information content (AvgIpc) is 3.32. The normalized spacial score (nSPS) is 13.9. The molecule has 5 heteroatoms. The van der Waals surface area contributed by atoms with Crippen LogP contribution < -0.4 is 10.5 Å². The van der Waals surface area contributed by atoms with Gasteiger partial charge in [0.25, 0.3) is 5.91 Å². The van der Waals surface area contributed by atoms with Gasteiger partial charge in [-0.25, -0.2) is 4.39 Å². The first-order valence-electron chi connectivity index (χ1n) is 7.29. The lowest BCUT2D eigenvalue weighted by atomic mass is 10.0. The smallest absolute Gasteiger partial charge is 0.250 e. The lowest BCUT2D eigenvalue weighted by Gasteiger charge is -2.13. The summed E-state index contributed by atoms with van der Waals surface area (Å²) in [6.07, 6.45) is 4.06. The minimum atomic E-state index is -0.570. The summed E-state index contributed by atoms with van der Waals surface area (Å²) in [6.45, 7) is 0.599. The van der Waals surface area contributed by atoms with Crippen LogP contribution in [0.3, 0.4) is 0 Å². The molecule has 0 saturated heterocycles. The summed E-state index contributed by atoms with van der Waals surface area (Å²) in [5, 5.41) is 0. The number of rotatable bonds is 6. The average molecular weight is 300 g/mol. The molecule has 1 aliphatic carbocycles. The summed E-state index contributed by atoms with van der Waals surface area (Å²) in [5.41, 5.74) is 6.51. The Morgan fingerprint density at radius 3 is 2.86 bits per heavy atom. The van der Waals surface area contributed by atoms with Crippen LogP contribution in [0.2, 0.25) is 0 Å². The van der Waals surface area contributed by atoms with Crippen LogP contribution in [0.4, 0.5) is 4.39 Å². The number of hydrogen-bond acceptors (Lipinski definition) is 3. The predicted octanol–water partition coefficient (Wildman–Crippen LogP) is 2.70. The molecule has 22 heavy (non-hydrogen) atoms. The van der Waals surface area contributed by atoms with Crippen LogP contribution in [0.1, 0.15) is 34.5 Å². The summed E-state index contributed by atoms with van der Waals surface area (Å²) in [5.74, 6) is 0.148. The van der Waals surface area contributed by atoms with E-state index in [0.717, 1.165) is 12.8 Å². The van der Waals surface area contributed by atoms with Crippen molar-refractivity contribution in [1.82, 2.24) is 4.98 Å². The number of pyridine rings is 1. The number of aromatic nitrogens is 1. The van der Waals surface area contributed by atoms with E-state index >= 15 is 0 Å². The fourth-order valence-corrected chi connectivity index (χ4v) is 2.31. The Hall–Kier alpha value is -2.43. The molecule has 1 fully saturated rings. The van der Waals surface area contributed by atoms with Crippen molar-refractivity contribution in [3.8, 4) is 5.75 Å². The molecule has 3 rings (SSSR count). The molecule has 1 heterocycles. The van der Waals surface area contributed by atoms with Crippen LogP contribution in [-0.4, -0.2) is 17.5 Å². The third-order valence-electron chi connectivity index (χ3n) is 3.75. The third-order valence-corrected chi connectivity index (χ3v) is 3.75. The number of carbonyl (C=O) groups excluding carboxylic acids is 1. The van der Waals surface area contributed by atoms with Crippen molar-refractivity contribution in [1.29, 1.82) is 0 Å². The van der Waals surface area contributed by atoms with Crippen LogP contribution in [0, 0.1) is 11.7 Å². The molecule has 1 aromatic carbocycles. The molecular formula is C17H17FN2O2. The first kappa shape index (κ1) is 14.5. The molecule has 1 aliphatic rings. The highest BCUT2D eigenvalue weighted by atomic mass is 19.1. The van der Waals surface area contributed by atoms with Gasteiger partial charge in [0.1, 0.15) is 11.6 Å². The molecular weight excluding hydrogens is 283 g/mol. The van der Waals surface area contributed by atoms with Gasteiger partial charge in [0.2, 0.25) is 0 Å². The Bertz CT molecular complexity index is 699. The van der Waals surface area contributed by atoms with Crippen LogP contribution in [0.5, 0.6) is 5.75 Å². The number of carbonyl (C=O) groups is 1. The molecule has 0 atom stereocenters. The number of ether oxygens (including phenoxy) is 1. The van der Waals surface area contributed by atoms with Crippen LogP contribution in [-0.2, 0) is 6.42 Å². The van der Waals surface area contributed by atoms with Gasteiger partial charge in [-0.05, 0) is 43.0 Å². The SMILES string of the molecule is NC(=O)c1cccnc1Cc1c(F)cccc1OCC1CC1. The number of hydrogen-bond donors (Lipinski definition) is 1. The van der Waals surface area contributed by atoms with Crippen LogP contribution in [0.15, 0.2) is 36.5 Å². The Balaban J connectivity index is 1.89. The highest BCUT2D eigenvalue weighted by molar-refractivity contribution is 5.93. The summed E-state index contributed by atoms with van der Waals surface area (Å²) in [6, 6.07) is 7.97. The van der Waals surface area contributed by atoms with E-state index in [0.29, 0.717) is 35.1 Å². The Labute approximate surface area is 128 Å². The quantitative estimate of drug-likeness (QED) is 0.892. The van der Waals surface area contributed by atoms with E-state index in [1.54, 1.807) is 30.5 Å². The molecule has 0 aliphatic heterocycles. The van der Waals surface area contributed by atoms with Crippen molar-refractivity contribution in [2.45, 2.75) is 19.3 Å². The van der Waals surface area contributed by atoms with Gasteiger partial charge in [-0.2, -0.15) is 0 Å². The van der Waals surface area contributed by atoms with E-state index < -0.39 is 5.91 Å². The molecule has 1 amide bonds. The highest BCUT2D eigenvalue weighted by Gasteiger charge is 2.23. The van der Waals surface area contributed by atoms with E-state index in [1.807, 2.05) is 0 Å². The minimum Gasteiger partial charge on any atom is -0.493 e. The monoisotopic (exact) mass is 300 g/mol. The molecule has 4 nitrogen and oxygen atoms in total. The van der Waals surface area contributed by atoms with Gasteiger partial charge >= 0.3 is 0 Å². The topological polar surface area (TPSA) is 65.2 Å². The van der Waals surface area contributed by atoms with Crippen LogP contribution in [0.25, 0.3) is 0 Å². The number of nitrogens with two attached hydrogens (primary N) is 1. The number of benzene rings is 1. The number of nitrogens with zero attached hydrogens (tertiary/aromatic N) is 1. The fraction of sp³-hybridized carbons (Fsp3) is 0.294. The van der Waals surface area contributed by atoms with Gasteiger partial charge in [-0.3, -0.25) is 9.78 Å². The van der Waals surface area contributed by atoms with E-state index in [-0.39, 0.29) is 12.2 Å². The van der Waals surface area contributed by atoms with E-state index in [1.165, 1.54) is 6.07 Å². The Morgan fingerprint density at radius 2 is 2.14 bits per heavy atom. The van der Waals surface area contributed by atoms with Gasteiger partial charge < -0.3 is 10.5 Å².